The Morgan fingerprint density at radius 1 is 1.08 bits per heavy atom. The maximum Gasteiger partial charge on any atom is 0.0558 e. The molecule has 0 amide bonds. The van der Waals surface area contributed by atoms with Crippen LogP contribution in [0.1, 0.15) is 0 Å². The van der Waals surface area contributed by atoms with Crippen molar-refractivity contribution < 1.29 is 19.8 Å². The van der Waals surface area contributed by atoms with E-state index in [4.69, 9.17) is 15.5 Å². The van der Waals surface area contributed by atoms with Crippen molar-refractivity contribution in [1.82, 2.24) is 4.90 Å². The van der Waals surface area contributed by atoms with E-state index in [9.17, 15) is 0 Å². The van der Waals surface area contributed by atoms with Crippen LogP contribution in [0.25, 0.3) is 0 Å². The zero-order valence-electron chi connectivity index (χ0n) is 6.85. The van der Waals surface area contributed by atoms with Crippen LogP contribution in [-0.4, -0.2) is 59.0 Å². The summed E-state index contributed by atoms with van der Waals surface area (Å²) in [6.45, 7) is 1.89. The molecular formula is C6H15NO4S. The zero-order valence-corrected chi connectivity index (χ0v) is 7.66. The molecule has 0 heterocycles. The van der Waals surface area contributed by atoms with E-state index in [0.29, 0.717) is 25.4 Å². The first-order valence-corrected chi connectivity index (χ1v) is 4.63. The van der Waals surface area contributed by atoms with Gasteiger partial charge >= 0.3 is 0 Å². The summed E-state index contributed by atoms with van der Waals surface area (Å²) in [5.41, 5.74) is 0. The minimum absolute atomic E-state index is 0.0741. The summed E-state index contributed by atoms with van der Waals surface area (Å²) in [6.07, 6.45) is 0. The van der Waals surface area contributed by atoms with Gasteiger partial charge in [-0.3, -0.25) is 4.90 Å². The van der Waals surface area contributed by atoms with Gasteiger partial charge in [0.05, 0.1) is 13.2 Å². The van der Waals surface area contributed by atoms with E-state index >= 15 is 0 Å². The zero-order chi connectivity index (χ0) is 9.23. The molecule has 0 aliphatic heterocycles. The van der Waals surface area contributed by atoms with Gasteiger partial charge in [0.15, 0.2) is 0 Å². The monoisotopic (exact) mass is 197 g/mol. The van der Waals surface area contributed by atoms with Crippen LogP contribution >= 0.6 is 12.0 Å². The SMILES string of the molecule is OCCN(CCO)CCSOO. The van der Waals surface area contributed by atoms with Crippen molar-refractivity contribution in [3.63, 3.8) is 0 Å². The van der Waals surface area contributed by atoms with Crippen LogP contribution in [0.5, 0.6) is 0 Å². The first-order valence-electron chi connectivity index (χ1n) is 3.72. The summed E-state index contributed by atoms with van der Waals surface area (Å²) >= 11 is 0.939. The fourth-order valence-corrected chi connectivity index (χ4v) is 1.23. The molecule has 0 saturated heterocycles. The minimum atomic E-state index is 0.0741. The molecule has 0 aromatic rings. The number of aliphatic hydroxyl groups is 2. The van der Waals surface area contributed by atoms with Crippen LogP contribution in [0.3, 0.4) is 0 Å². The van der Waals surface area contributed by atoms with Gasteiger partial charge in [0, 0.05) is 37.4 Å². The third kappa shape index (κ3) is 6.84. The van der Waals surface area contributed by atoms with Crippen LogP contribution in [0.15, 0.2) is 0 Å². The summed E-state index contributed by atoms with van der Waals surface area (Å²) in [5.74, 6) is 0.608. The quantitative estimate of drug-likeness (QED) is 0.209. The molecule has 0 unspecified atom stereocenters. The maximum absolute atomic E-state index is 8.61. The largest absolute Gasteiger partial charge is 0.395 e. The molecule has 12 heavy (non-hydrogen) atoms. The third-order valence-corrected chi connectivity index (χ3v) is 1.83. The molecule has 74 valence electrons. The minimum Gasteiger partial charge on any atom is -0.395 e. The summed E-state index contributed by atoms with van der Waals surface area (Å²) < 4.78 is 3.81. The molecular weight excluding hydrogens is 182 g/mol. The van der Waals surface area contributed by atoms with E-state index in [1.807, 2.05) is 4.90 Å². The highest BCUT2D eigenvalue weighted by molar-refractivity contribution is 7.94. The van der Waals surface area contributed by atoms with Gasteiger partial charge in [-0.1, -0.05) is 0 Å². The molecule has 0 aromatic heterocycles. The van der Waals surface area contributed by atoms with Crippen molar-refractivity contribution in [3.8, 4) is 0 Å². The standard InChI is InChI=1S/C6H15NO4S/c8-4-1-7(2-5-9)3-6-12-11-10/h8-10H,1-6H2. The van der Waals surface area contributed by atoms with E-state index < -0.39 is 0 Å². The van der Waals surface area contributed by atoms with Crippen LogP contribution in [-0.2, 0) is 4.33 Å². The van der Waals surface area contributed by atoms with E-state index in [-0.39, 0.29) is 13.2 Å². The Morgan fingerprint density at radius 2 is 1.67 bits per heavy atom. The molecule has 3 N–H and O–H groups in total. The maximum atomic E-state index is 8.61. The molecule has 0 rings (SSSR count). The molecule has 5 nitrogen and oxygen atoms in total. The van der Waals surface area contributed by atoms with Crippen molar-refractivity contribution >= 4 is 12.0 Å². The van der Waals surface area contributed by atoms with Crippen LogP contribution in [0.2, 0.25) is 0 Å². The molecule has 0 aliphatic carbocycles. The molecule has 0 bridgehead atoms. The number of nitrogens with zero attached hydrogens (tertiary/aromatic N) is 1. The van der Waals surface area contributed by atoms with E-state index in [1.54, 1.807) is 0 Å². The van der Waals surface area contributed by atoms with Gasteiger partial charge in [0.2, 0.25) is 0 Å². The number of rotatable bonds is 8. The van der Waals surface area contributed by atoms with Crippen molar-refractivity contribution in [2.24, 2.45) is 0 Å². The van der Waals surface area contributed by atoms with Gasteiger partial charge in [0.25, 0.3) is 0 Å². The molecule has 6 heteroatoms. The van der Waals surface area contributed by atoms with Crippen LogP contribution in [0.4, 0.5) is 0 Å². The summed E-state index contributed by atoms with van der Waals surface area (Å²) in [4.78, 5) is 1.88. The lowest BCUT2D eigenvalue weighted by molar-refractivity contribution is -0.116. The lowest BCUT2D eigenvalue weighted by Gasteiger charge is -2.18. The Bertz CT molecular complexity index is 89.6. The first kappa shape index (κ1) is 12.2. The van der Waals surface area contributed by atoms with Gasteiger partial charge in [-0.15, -0.1) is 0 Å². The van der Waals surface area contributed by atoms with Crippen molar-refractivity contribution in [1.29, 1.82) is 0 Å². The lowest BCUT2D eigenvalue weighted by Crippen LogP contribution is -2.31. The molecule has 0 atom stereocenters. The lowest BCUT2D eigenvalue weighted by atomic mass is 10.5. The highest BCUT2D eigenvalue weighted by Gasteiger charge is 2.02. The Morgan fingerprint density at radius 3 is 2.08 bits per heavy atom. The average Bonchev–Trinajstić information content (AvgIpc) is 2.06. The highest BCUT2D eigenvalue weighted by atomic mass is 32.2. The molecule has 0 aliphatic rings. The van der Waals surface area contributed by atoms with E-state index in [0.717, 1.165) is 12.0 Å². The van der Waals surface area contributed by atoms with Crippen LogP contribution < -0.4 is 0 Å². The van der Waals surface area contributed by atoms with Crippen molar-refractivity contribution in [2.75, 3.05) is 38.6 Å². The molecule has 0 fully saturated rings. The highest BCUT2D eigenvalue weighted by Crippen LogP contribution is 1.99. The Labute approximate surface area is 76.1 Å². The predicted molar refractivity (Wildman–Crippen MR) is 46.8 cm³/mol. The van der Waals surface area contributed by atoms with Gasteiger partial charge < -0.3 is 10.2 Å². The van der Waals surface area contributed by atoms with Crippen LogP contribution in [0, 0.1) is 0 Å². The molecule has 0 radical (unpaired) electrons. The Hall–Kier alpha value is 0.150. The number of hydrogen-bond donors (Lipinski definition) is 3. The van der Waals surface area contributed by atoms with E-state index in [2.05, 4.69) is 4.33 Å². The smallest absolute Gasteiger partial charge is 0.0558 e. The first-order chi connectivity index (χ1) is 5.85. The number of hydrogen-bond acceptors (Lipinski definition) is 6. The van der Waals surface area contributed by atoms with Crippen molar-refractivity contribution in [3.05, 3.63) is 0 Å². The third-order valence-electron chi connectivity index (χ3n) is 1.38. The van der Waals surface area contributed by atoms with Gasteiger partial charge in [-0.05, 0) is 0 Å². The summed E-state index contributed by atoms with van der Waals surface area (Å²) in [6, 6.07) is 0. The van der Waals surface area contributed by atoms with E-state index in [1.165, 1.54) is 0 Å². The topological polar surface area (TPSA) is 73.2 Å². The average molecular weight is 197 g/mol. The second kappa shape index (κ2) is 9.24. The van der Waals surface area contributed by atoms with Crippen molar-refractivity contribution in [2.45, 2.75) is 0 Å². The number of aliphatic hydroxyl groups excluding tert-OH is 2. The fraction of sp³-hybridized carbons (Fsp3) is 1.00. The van der Waals surface area contributed by atoms with Gasteiger partial charge in [-0.2, -0.15) is 4.33 Å². The second-order valence-electron chi connectivity index (χ2n) is 2.19. The summed E-state index contributed by atoms with van der Waals surface area (Å²) in [5, 5.41) is 25.2. The van der Waals surface area contributed by atoms with Gasteiger partial charge in [0.1, 0.15) is 0 Å². The fourth-order valence-electron chi connectivity index (χ4n) is 0.822. The molecule has 0 saturated carbocycles. The molecule has 0 spiro atoms. The Kier molecular flexibility index (Phi) is 9.36. The molecule has 0 aromatic carbocycles. The summed E-state index contributed by atoms with van der Waals surface area (Å²) in [7, 11) is 0. The predicted octanol–water partition coefficient (Wildman–Crippen LogP) is -0.589. The normalized spacial score (nSPS) is 11.0. The Balaban J connectivity index is 3.34. The van der Waals surface area contributed by atoms with Gasteiger partial charge in [-0.25, -0.2) is 5.26 Å². The second-order valence-corrected chi connectivity index (χ2v) is 2.98.